The highest BCUT2D eigenvalue weighted by molar-refractivity contribution is 5.40. The van der Waals surface area contributed by atoms with Crippen LogP contribution < -0.4 is 5.32 Å². The molecule has 1 aromatic heterocycles. The molecule has 1 atom stereocenters. The highest BCUT2D eigenvalue weighted by atomic mass is 15.0. The molecule has 1 saturated carbocycles. The Morgan fingerprint density at radius 3 is 2.57 bits per heavy atom. The van der Waals surface area contributed by atoms with Crippen molar-refractivity contribution in [1.29, 1.82) is 0 Å². The van der Waals surface area contributed by atoms with E-state index in [1.165, 1.54) is 41.9 Å². The first-order valence-corrected chi connectivity index (χ1v) is 8.11. The summed E-state index contributed by atoms with van der Waals surface area (Å²) in [4.78, 5) is 0. The molecule has 0 spiro atoms. The van der Waals surface area contributed by atoms with Crippen molar-refractivity contribution in [1.82, 2.24) is 9.88 Å². The van der Waals surface area contributed by atoms with E-state index in [2.05, 4.69) is 67.1 Å². The summed E-state index contributed by atoms with van der Waals surface area (Å²) in [6, 6.07) is 13.6. The van der Waals surface area contributed by atoms with Crippen LogP contribution in [0.5, 0.6) is 0 Å². The van der Waals surface area contributed by atoms with Crippen molar-refractivity contribution in [3.8, 4) is 5.69 Å². The Balaban J connectivity index is 1.71. The maximum atomic E-state index is 3.69. The van der Waals surface area contributed by atoms with Crippen molar-refractivity contribution in [2.24, 2.45) is 5.92 Å². The van der Waals surface area contributed by atoms with Crippen molar-refractivity contribution >= 4 is 0 Å². The number of para-hydroxylation sites is 1. The van der Waals surface area contributed by atoms with Gasteiger partial charge in [0.15, 0.2) is 0 Å². The number of hydrogen-bond donors (Lipinski definition) is 1. The summed E-state index contributed by atoms with van der Waals surface area (Å²) in [6.45, 7) is 7.70. The number of benzene rings is 1. The molecular weight excluding hydrogens is 256 g/mol. The average molecular weight is 282 g/mol. The van der Waals surface area contributed by atoms with Crippen LogP contribution in [-0.2, 0) is 6.54 Å². The van der Waals surface area contributed by atoms with Crippen molar-refractivity contribution in [3.05, 3.63) is 53.3 Å². The first kappa shape index (κ1) is 14.4. The van der Waals surface area contributed by atoms with E-state index in [0.717, 1.165) is 12.5 Å². The summed E-state index contributed by atoms with van der Waals surface area (Å²) in [7, 11) is 0. The van der Waals surface area contributed by atoms with E-state index in [1.807, 2.05) is 0 Å². The SMILES string of the molecule is Cc1cc(CNC(C)CC2CC2)c(C)n1-c1ccccc1. The van der Waals surface area contributed by atoms with Gasteiger partial charge in [0.05, 0.1) is 0 Å². The van der Waals surface area contributed by atoms with Gasteiger partial charge in [-0.05, 0) is 56.9 Å². The lowest BCUT2D eigenvalue weighted by Gasteiger charge is -2.14. The van der Waals surface area contributed by atoms with Gasteiger partial charge in [-0.1, -0.05) is 31.0 Å². The Morgan fingerprint density at radius 2 is 1.90 bits per heavy atom. The van der Waals surface area contributed by atoms with Gasteiger partial charge in [0.1, 0.15) is 0 Å². The summed E-state index contributed by atoms with van der Waals surface area (Å²) >= 11 is 0. The van der Waals surface area contributed by atoms with E-state index in [9.17, 15) is 0 Å². The molecule has 2 nitrogen and oxygen atoms in total. The molecule has 3 rings (SSSR count). The minimum atomic E-state index is 0.622. The summed E-state index contributed by atoms with van der Waals surface area (Å²) in [5.41, 5.74) is 5.33. The molecule has 1 N–H and O–H groups in total. The topological polar surface area (TPSA) is 17.0 Å². The van der Waals surface area contributed by atoms with Gasteiger partial charge >= 0.3 is 0 Å². The van der Waals surface area contributed by atoms with Crippen LogP contribution >= 0.6 is 0 Å². The Bertz CT molecular complexity index is 594. The van der Waals surface area contributed by atoms with E-state index in [-0.39, 0.29) is 0 Å². The Morgan fingerprint density at radius 1 is 1.19 bits per heavy atom. The van der Waals surface area contributed by atoms with Crippen LogP contribution in [0.4, 0.5) is 0 Å². The standard InChI is InChI=1S/C19H26N2/c1-14(11-17-9-10-17)20-13-18-12-15(2)21(16(18)3)19-7-5-4-6-8-19/h4-8,12,14,17,20H,9-11,13H2,1-3H3. The van der Waals surface area contributed by atoms with Gasteiger partial charge in [-0.15, -0.1) is 0 Å². The average Bonchev–Trinajstić information content (AvgIpc) is 3.23. The van der Waals surface area contributed by atoms with Crippen molar-refractivity contribution in [2.45, 2.75) is 52.6 Å². The highest BCUT2D eigenvalue weighted by Crippen LogP contribution is 2.33. The molecule has 2 heteroatoms. The van der Waals surface area contributed by atoms with Gasteiger partial charge in [-0.2, -0.15) is 0 Å². The fraction of sp³-hybridized carbons (Fsp3) is 0.474. The van der Waals surface area contributed by atoms with Gasteiger partial charge in [-0.3, -0.25) is 0 Å². The summed E-state index contributed by atoms with van der Waals surface area (Å²) < 4.78 is 2.35. The van der Waals surface area contributed by atoms with E-state index in [4.69, 9.17) is 0 Å². The van der Waals surface area contributed by atoms with Crippen molar-refractivity contribution < 1.29 is 0 Å². The zero-order valence-corrected chi connectivity index (χ0v) is 13.4. The molecule has 0 aliphatic heterocycles. The molecule has 0 amide bonds. The van der Waals surface area contributed by atoms with Crippen LogP contribution in [0, 0.1) is 19.8 Å². The molecule has 1 fully saturated rings. The number of aryl methyl sites for hydroxylation is 1. The van der Waals surface area contributed by atoms with Gasteiger partial charge in [0, 0.05) is 29.7 Å². The van der Waals surface area contributed by atoms with Crippen LogP contribution in [0.25, 0.3) is 5.69 Å². The molecule has 0 bridgehead atoms. The van der Waals surface area contributed by atoms with E-state index >= 15 is 0 Å². The Hall–Kier alpha value is -1.54. The quantitative estimate of drug-likeness (QED) is 0.832. The molecule has 21 heavy (non-hydrogen) atoms. The third-order valence-corrected chi connectivity index (χ3v) is 4.58. The summed E-state index contributed by atoms with van der Waals surface area (Å²) in [6.07, 6.45) is 4.21. The minimum Gasteiger partial charge on any atom is -0.318 e. The normalized spacial score (nSPS) is 16.1. The van der Waals surface area contributed by atoms with Gasteiger partial charge in [0.25, 0.3) is 0 Å². The molecule has 112 valence electrons. The summed E-state index contributed by atoms with van der Waals surface area (Å²) in [5.74, 6) is 0.990. The predicted molar refractivity (Wildman–Crippen MR) is 88.9 cm³/mol. The lowest BCUT2D eigenvalue weighted by Crippen LogP contribution is -2.26. The molecule has 1 aliphatic carbocycles. The molecular formula is C19H26N2. The van der Waals surface area contributed by atoms with Gasteiger partial charge in [0.2, 0.25) is 0 Å². The lowest BCUT2D eigenvalue weighted by atomic mass is 10.1. The number of rotatable bonds is 6. The van der Waals surface area contributed by atoms with Crippen LogP contribution in [0.2, 0.25) is 0 Å². The third-order valence-electron chi connectivity index (χ3n) is 4.58. The molecule has 1 aromatic carbocycles. The summed E-state index contributed by atoms with van der Waals surface area (Å²) in [5, 5.41) is 3.69. The van der Waals surface area contributed by atoms with Gasteiger partial charge < -0.3 is 9.88 Å². The van der Waals surface area contributed by atoms with Crippen LogP contribution in [-0.4, -0.2) is 10.6 Å². The lowest BCUT2D eigenvalue weighted by molar-refractivity contribution is 0.487. The molecule has 0 saturated heterocycles. The second kappa shape index (κ2) is 6.07. The number of hydrogen-bond acceptors (Lipinski definition) is 1. The smallest absolute Gasteiger partial charge is 0.0455 e. The zero-order valence-electron chi connectivity index (χ0n) is 13.4. The van der Waals surface area contributed by atoms with Crippen molar-refractivity contribution in [2.75, 3.05) is 0 Å². The first-order chi connectivity index (χ1) is 10.1. The second-order valence-corrected chi connectivity index (χ2v) is 6.53. The third kappa shape index (κ3) is 3.38. The van der Waals surface area contributed by atoms with Crippen molar-refractivity contribution in [3.63, 3.8) is 0 Å². The zero-order chi connectivity index (χ0) is 14.8. The molecule has 2 aromatic rings. The molecule has 1 aliphatic rings. The van der Waals surface area contributed by atoms with Crippen LogP contribution in [0.1, 0.15) is 43.1 Å². The van der Waals surface area contributed by atoms with Crippen LogP contribution in [0.15, 0.2) is 36.4 Å². The molecule has 1 unspecified atom stereocenters. The Labute approximate surface area is 128 Å². The number of nitrogens with zero attached hydrogens (tertiary/aromatic N) is 1. The molecule has 0 radical (unpaired) electrons. The number of aromatic nitrogens is 1. The monoisotopic (exact) mass is 282 g/mol. The largest absolute Gasteiger partial charge is 0.318 e. The van der Waals surface area contributed by atoms with E-state index in [1.54, 1.807) is 0 Å². The van der Waals surface area contributed by atoms with Gasteiger partial charge in [-0.25, -0.2) is 0 Å². The highest BCUT2D eigenvalue weighted by Gasteiger charge is 2.23. The predicted octanol–water partition coefficient (Wildman–Crippen LogP) is 4.37. The first-order valence-electron chi connectivity index (χ1n) is 8.11. The van der Waals surface area contributed by atoms with E-state index in [0.29, 0.717) is 6.04 Å². The maximum absolute atomic E-state index is 3.69. The fourth-order valence-electron chi connectivity index (χ4n) is 3.20. The van der Waals surface area contributed by atoms with E-state index < -0.39 is 0 Å². The second-order valence-electron chi connectivity index (χ2n) is 6.53. The van der Waals surface area contributed by atoms with Crippen LogP contribution in [0.3, 0.4) is 0 Å². The Kier molecular flexibility index (Phi) is 4.16. The minimum absolute atomic E-state index is 0.622. The maximum Gasteiger partial charge on any atom is 0.0455 e. The molecule has 1 heterocycles. The number of nitrogens with one attached hydrogen (secondary N) is 1. The fourth-order valence-corrected chi connectivity index (χ4v) is 3.20.